The van der Waals surface area contributed by atoms with Crippen LogP contribution in [0.5, 0.6) is 5.88 Å². The van der Waals surface area contributed by atoms with Gasteiger partial charge in [0.25, 0.3) is 0 Å². The predicted molar refractivity (Wildman–Crippen MR) is 59.8 cm³/mol. The Morgan fingerprint density at radius 3 is 2.62 bits per heavy atom. The molecule has 0 unspecified atom stereocenters. The van der Waals surface area contributed by atoms with Crippen molar-refractivity contribution in [2.24, 2.45) is 0 Å². The lowest BCUT2D eigenvalue weighted by Gasteiger charge is -2.10. The van der Waals surface area contributed by atoms with E-state index in [9.17, 15) is 4.79 Å². The van der Waals surface area contributed by atoms with E-state index in [-0.39, 0.29) is 11.9 Å². The molecule has 0 aliphatic heterocycles. The van der Waals surface area contributed by atoms with Crippen LogP contribution in [-0.4, -0.2) is 21.9 Å². The van der Waals surface area contributed by atoms with Gasteiger partial charge in [-0.15, -0.1) is 0 Å². The van der Waals surface area contributed by atoms with Gasteiger partial charge in [-0.2, -0.15) is 4.98 Å². The molecule has 16 heavy (non-hydrogen) atoms. The highest BCUT2D eigenvalue weighted by Gasteiger charge is 2.28. The summed E-state index contributed by atoms with van der Waals surface area (Å²) in [6.07, 6.45) is 2.28. The summed E-state index contributed by atoms with van der Waals surface area (Å²) in [6, 6.07) is 1.62. The van der Waals surface area contributed by atoms with Crippen LogP contribution in [-0.2, 0) is 0 Å². The molecule has 0 N–H and O–H groups in total. The molecule has 0 radical (unpaired) electrons. The van der Waals surface area contributed by atoms with Gasteiger partial charge in [0.1, 0.15) is 11.5 Å². The van der Waals surface area contributed by atoms with E-state index >= 15 is 0 Å². The smallest absolute Gasteiger partial charge is 0.217 e. The van der Waals surface area contributed by atoms with Gasteiger partial charge in [0.15, 0.2) is 5.78 Å². The van der Waals surface area contributed by atoms with Gasteiger partial charge >= 0.3 is 0 Å². The fourth-order valence-electron chi connectivity index (χ4n) is 1.45. The zero-order valence-electron chi connectivity index (χ0n) is 9.86. The number of ether oxygens (including phenoxy) is 1. The molecule has 1 aromatic heterocycles. The number of ketones is 1. The zero-order valence-corrected chi connectivity index (χ0v) is 9.86. The fraction of sp³-hybridized carbons (Fsp3) is 0.583. The number of rotatable bonds is 4. The van der Waals surface area contributed by atoms with Crippen molar-refractivity contribution >= 4 is 5.78 Å². The zero-order chi connectivity index (χ0) is 11.7. The lowest BCUT2D eigenvalue weighted by molar-refractivity contribution is 0.101. The van der Waals surface area contributed by atoms with Crippen LogP contribution in [0.15, 0.2) is 6.07 Å². The minimum absolute atomic E-state index is 0.0436. The molecule has 1 aromatic rings. The molecule has 1 heterocycles. The summed E-state index contributed by atoms with van der Waals surface area (Å²) in [5, 5.41) is 0. The number of hydrogen-bond donors (Lipinski definition) is 0. The maximum Gasteiger partial charge on any atom is 0.217 e. The van der Waals surface area contributed by atoms with Crippen molar-refractivity contribution in [2.45, 2.75) is 45.6 Å². The highest BCUT2D eigenvalue weighted by molar-refractivity contribution is 5.92. The molecular formula is C12H16N2O2. The van der Waals surface area contributed by atoms with E-state index in [1.165, 1.54) is 6.92 Å². The molecule has 1 saturated carbocycles. The number of Topliss-reactive ketones (excluding diaryl/α,β-unsaturated/α-hetero) is 1. The average molecular weight is 220 g/mol. The largest absolute Gasteiger partial charge is 0.475 e. The van der Waals surface area contributed by atoms with Crippen LogP contribution in [0.3, 0.4) is 0 Å². The van der Waals surface area contributed by atoms with Gasteiger partial charge in [-0.05, 0) is 26.7 Å². The summed E-state index contributed by atoms with van der Waals surface area (Å²) in [5.41, 5.74) is 0.451. The summed E-state index contributed by atoms with van der Waals surface area (Å²) in [7, 11) is 0. The SMILES string of the molecule is CC(=O)c1cc(OC(C)C)nc(C2CC2)n1. The quantitative estimate of drug-likeness (QED) is 0.731. The van der Waals surface area contributed by atoms with Crippen LogP contribution < -0.4 is 4.74 Å². The van der Waals surface area contributed by atoms with Crippen LogP contribution in [0.25, 0.3) is 0 Å². The third-order valence-corrected chi connectivity index (χ3v) is 2.38. The second-order valence-corrected chi connectivity index (χ2v) is 4.45. The number of hydrogen-bond acceptors (Lipinski definition) is 4. The van der Waals surface area contributed by atoms with Crippen molar-refractivity contribution in [1.29, 1.82) is 0 Å². The molecule has 0 aromatic carbocycles. The molecule has 2 rings (SSSR count). The Labute approximate surface area is 95.1 Å². The van der Waals surface area contributed by atoms with Gasteiger partial charge in [-0.25, -0.2) is 4.98 Å². The Kier molecular flexibility index (Phi) is 2.90. The van der Waals surface area contributed by atoms with Crippen molar-refractivity contribution in [1.82, 2.24) is 9.97 Å². The molecule has 86 valence electrons. The second kappa shape index (κ2) is 4.20. The summed E-state index contributed by atoms with van der Waals surface area (Å²) in [4.78, 5) is 19.9. The standard InChI is InChI=1S/C12H16N2O2/c1-7(2)16-11-6-10(8(3)15)13-12(14-11)9-4-5-9/h6-7,9H,4-5H2,1-3H3. The number of nitrogens with zero attached hydrogens (tertiary/aromatic N) is 2. The van der Waals surface area contributed by atoms with Gasteiger partial charge in [-0.1, -0.05) is 0 Å². The fourth-order valence-corrected chi connectivity index (χ4v) is 1.45. The van der Waals surface area contributed by atoms with E-state index in [1.54, 1.807) is 6.07 Å². The molecule has 1 fully saturated rings. The minimum atomic E-state index is -0.0436. The first-order valence-electron chi connectivity index (χ1n) is 5.63. The third kappa shape index (κ3) is 2.56. The topological polar surface area (TPSA) is 52.1 Å². The Hall–Kier alpha value is -1.45. The van der Waals surface area contributed by atoms with E-state index < -0.39 is 0 Å². The van der Waals surface area contributed by atoms with Gasteiger partial charge in [0.2, 0.25) is 5.88 Å². The van der Waals surface area contributed by atoms with E-state index in [2.05, 4.69) is 9.97 Å². The van der Waals surface area contributed by atoms with Gasteiger partial charge in [0.05, 0.1) is 6.10 Å². The Balaban J connectivity index is 2.32. The van der Waals surface area contributed by atoms with E-state index in [1.807, 2.05) is 13.8 Å². The Morgan fingerprint density at radius 2 is 2.12 bits per heavy atom. The van der Waals surface area contributed by atoms with Gasteiger partial charge in [-0.3, -0.25) is 4.79 Å². The molecule has 0 amide bonds. The Morgan fingerprint density at radius 1 is 1.44 bits per heavy atom. The first kappa shape index (κ1) is 11.0. The monoisotopic (exact) mass is 220 g/mol. The van der Waals surface area contributed by atoms with Gasteiger partial charge < -0.3 is 4.74 Å². The second-order valence-electron chi connectivity index (χ2n) is 4.45. The maximum atomic E-state index is 11.3. The van der Waals surface area contributed by atoms with Crippen molar-refractivity contribution in [2.75, 3.05) is 0 Å². The van der Waals surface area contributed by atoms with Crippen LogP contribution in [0.1, 0.15) is 55.8 Å². The summed E-state index contributed by atoms with van der Waals surface area (Å²) in [6.45, 7) is 5.39. The highest BCUT2D eigenvalue weighted by Crippen LogP contribution is 2.38. The van der Waals surface area contributed by atoms with Crippen LogP contribution in [0.2, 0.25) is 0 Å². The molecule has 4 heteroatoms. The third-order valence-electron chi connectivity index (χ3n) is 2.38. The normalized spacial score (nSPS) is 15.2. The molecule has 0 saturated heterocycles. The molecule has 4 nitrogen and oxygen atoms in total. The summed E-state index contributed by atoms with van der Waals surface area (Å²) < 4.78 is 5.52. The van der Waals surface area contributed by atoms with E-state index in [0.29, 0.717) is 17.5 Å². The maximum absolute atomic E-state index is 11.3. The lowest BCUT2D eigenvalue weighted by atomic mass is 10.3. The molecule has 0 spiro atoms. The van der Waals surface area contributed by atoms with E-state index in [4.69, 9.17) is 4.74 Å². The van der Waals surface area contributed by atoms with Gasteiger partial charge in [0, 0.05) is 18.9 Å². The van der Waals surface area contributed by atoms with Crippen LogP contribution in [0, 0.1) is 0 Å². The molecule has 0 atom stereocenters. The van der Waals surface area contributed by atoms with Crippen molar-refractivity contribution in [3.63, 3.8) is 0 Å². The lowest BCUT2D eigenvalue weighted by Crippen LogP contribution is -2.10. The number of carbonyl (C=O) groups excluding carboxylic acids is 1. The first-order valence-corrected chi connectivity index (χ1v) is 5.63. The van der Waals surface area contributed by atoms with Crippen molar-refractivity contribution < 1.29 is 9.53 Å². The highest BCUT2D eigenvalue weighted by atomic mass is 16.5. The summed E-state index contributed by atoms with van der Waals surface area (Å²) in [5.74, 6) is 1.65. The van der Waals surface area contributed by atoms with Crippen molar-refractivity contribution in [3.05, 3.63) is 17.6 Å². The molecule has 1 aliphatic rings. The number of carbonyl (C=O) groups is 1. The summed E-state index contributed by atoms with van der Waals surface area (Å²) >= 11 is 0. The van der Waals surface area contributed by atoms with Crippen LogP contribution in [0.4, 0.5) is 0 Å². The molecule has 1 aliphatic carbocycles. The first-order chi connectivity index (χ1) is 7.56. The minimum Gasteiger partial charge on any atom is -0.475 e. The molecule has 0 bridgehead atoms. The number of aromatic nitrogens is 2. The predicted octanol–water partition coefficient (Wildman–Crippen LogP) is 2.34. The van der Waals surface area contributed by atoms with E-state index in [0.717, 1.165) is 18.7 Å². The van der Waals surface area contributed by atoms with Crippen molar-refractivity contribution in [3.8, 4) is 5.88 Å². The molecular weight excluding hydrogens is 204 g/mol. The Bertz CT molecular complexity index is 411. The van der Waals surface area contributed by atoms with Crippen LogP contribution >= 0.6 is 0 Å². The average Bonchev–Trinajstić information content (AvgIpc) is 2.98.